The number of para-hydroxylation sites is 1. The van der Waals surface area contributed by atoms with Gasteiger partial charge in [-0.1, -0.05) is 42.6 Å². The molecule has 0 saturated heterocycles. The molecule has 1 aliphatic rings. The van der Waals surface area contributed by atoms with E-state index in [-0.39, 0.29) is 18.3 Å². The first-order valence-electron chi connectivity index (χ1n) is 7.98. The number of carbonyl (C=O) groups is 1. The number of amides is 1. The number of terminal acetylenes is 1. The lowest BCUT2D eigenvalue weighted by molar-refractivity contribution is -0.119. The Hall–Kier alpha value is -1.93. The zero-order valence-electron chi connectivity index (χ0n) is 12.9. The van der Waals surface area contributed by atoms with Crippen molar-refractivity contribution < 1.29 is 9.18 Å². The van der Waals surface area contributed by atoms with Gasteiger partial charge in [-0.3, -0.25) is 4.79 Å². The van der Waals surface area contributed by atoms with Gasteiger partial charge in [-0.05, 0) is 30.9 Å². The molecule has 0 atom stereocenters. The third-order valence-corrected chi connectivity index (χ3v) is 5.35. The number of hydrogen-bond acceptors (Lipinski definition) is 2. The fourth-order valence-corrected chi connectivity index (χ4v) is 4.26. The Morgan fingerprint density at radius 1 is 1.39 bits per heavy atom. The van der Waals surface area contributed by atoms with Crippen LogP contribution < -0.4 is 4.80 Å². The second-order valence-electron chi connectivity index (χ2n) is 5.98. The molecule has 1 fully saturated rings. The summed E-state index contributed by atoms with van der Waals surface area (Å²) in [5.41, 5.74) is 0.430. The number of fused-ring (bicyclic) bond motifs is 1. The van der Waals surface area contributed by atoms with E-state index in [4.69, 9.17) is 6.42 Å². The van der Waals surface area contributed by atoms with E-state index in [1.165, 1.54) is 36.7 Å². The standard InChI is InChI=1S/C18H19FN2OS/c1-2-11-21-17-14(19)9-6-10-15(17)23-18(21)20-16(22)12-13-7-4-3-5-8-13/h1,6,9-10,13H,3-5,7-8,11-12H2. The first-order valence-corrected chi connectivity index (χ1v) is 8.79. The maximum atomic E-state index is 14.1. The number of hydrogen-bond donors (Lipinski definition) is 0. The molecule has 0 N–H and O–H groups in total. The molecule has 1 aromatic heterocycles. The minimum Gasteiger partial charge on any atom is -0.302 e. The topological polar surface area (TPSA) is 34.4 Å². The number of nitrogens with zero attached hydrogens (tertiary/aromatic N) is 2. The van der Waals surface area contributed by atoms with Crippen LogP contribution in [0.1, 0.15) is 38.5 Å². The summed E-state index contributed by atoms with van der Waals surface area (Å²) < 4.78 is 16.5. The largest absolute Gasteiger partial charge is 0.302 e. The van der Waals surface area contributed by atoms with Crippen molar-refractivity contribution >= 4 is 27.5 Å². The summed E-state index contributed by atoms with van der Waals surface area (Å²) in [6.45, 7) is 0.205. The van der Waals surface area contributed by atoms with Crippen molar-refractivity contribution in [3.05, 3.63) is 28.8 Å². The average Bonchev–Trinajstić information content (AvgIpc) is 2.87. The van der Waals surface area contributed by atoms with Crippen molar-refractivity contribution in [3.63, 3.8) is 0 Å². The second kappa shape index (κ2) is 7.10. The van der Waals surface area contributed by atoms with Crippen LogP contribution in [-0.4, -0.2) is 10.5 Å². The molecule has 0 aliphatic heterocycles. The quantitative estimate of drug-likeness (QED) is 0.787. The van der Waals surface area contributed by atoms with Crippen LogP contribution in [0.4, 0.5) is 4.39 Å². The molecule has 3 nitrogen and oxygen atoms in total. The number of rotatable bonds is 3. The van der Waals surface area contributed by atoms with Gasteiger partial charge in [0, 0.05) is 6.42 Å². The van der Waals surface area contributed by atoms with E-state index in [0.717, 1.165) is 17.5 Å². The Bertz CT molecular complexity index is 822. The summed E-state index contributed by atoms with van der Waals surface area (Å²) >= 11 is 1.31. The van der Waals surface area contributed by atoms with Crippen LogP contribution in [0.3, 0.4) is 0 Å². The normalized spacial score (nSPS) is 16.6. The van der Waals surface area contributed by atoms with Crippen LogP contribution in [-0.2, 0) is 11.3 Å². The van der Waals surface area contributed by atoms with E-state index in [0.29, 0.717) is 22.7 Å². The van der Waals surface area contributed by atoms with Crippen molar-refractivity contribution in [2.45, 2.75) is 45.1 Å². The molecule has 1 amide bonds. The van der Waals surface area contributed by atoms with Gasteiger partial charge in [-0.2, -0.15) is 4.99 Å². The zero-order valence-corrected chi connectivity index (χ0v) is 13.7. The van der Waals surface area contributed by atoms with Crippen molar-refractivity contribution in [1.82, 2.24) is 4.57 Å². The molecule has 3 rings (SSSR count). The van der Waals surface area contributed by atoms with Crippen molar-refractivity contribution in [2.24, 2.45) is 10.9 Å². The minimum absolute atomic E-state index is 0.130. The summed E-state index contributed by atoms with van der Waals surface area (Å²) in [6.07, 6.45) is 11.7. The number of benzene rings is 1. The highest BCUT2D eigenvalue weighted by atomic mass is 32.1. The van der Waals surface area contributed by atoms with Crippen LogP contribution in [0.2, 0.25) is 0 Å². The summed E-state index contributed by atoms with van der Waals surface area (Å²) in [5.74, 6) is 2.49. The average molecular weight is 330 g/mol. The molecule has 2 aromatic rings. The number of aromatic nitrogens is 1. The lowest BCUT2D eigenvalue weighted by atomic mass is 9.87. The van der Waals surface area contributed by atoms with E-state index in [9.17, 15) is 9.18 Å². The Morgan fingerprint density at radius 3 is 2.91 bits per heavy atom. The maximum Gasteiger partial charge on any atom is 0.248 e. The first-order chi connectivity index (χ1) is 11.2. The lowest BCUT2D eigenvalue weighted by Crippen LogP contribution is -2.18. The molecule has 1 aliphatic carbocycles. The van der Waals surface area contributed by atoms with Gasteiger partial charge in [0.1, 0.15) is 5.82 Å². The monoisotopic (exact) mass is 330 g/mol. The number of carbonyl (C=O) groups excluding carboxylic acids is 1. The highest BCUT2D eigenvalue weighted by molar-refractivity contribution is 7.16. The van der Waals surface area contributed by atoms with Gasteiger partial charge in [0.2, 0.25) is 5.91 Å². The summed E-state index contributed by atoms with van der Waals surface area (Å²) in [7, 11) is 0. The Labute approximate surface area is 138 Å². The molecule has 1 saturated carbocycles. The highest BCUT2D eigenvalue weighted by Gasteiger charge is 2.17. The molecule has 120 valence electrons. The molecule has 0 spiro atoms. The highest BCUT2D eigenvalue weighted by Crippen LogP contribution is 2.26. The fourth-order valence-electron chi connectivity index (χ4n) is 3.20. The lowest BCUT2D eigenvalue weighted by Gasteiger charge is -2.19. The fraction of sp³-hybridized carbons (Fsp3) is 0.444. The SMILES string of the molecule is C#CCn1c(=NC(=O)CC2CCCCC2)sc2cccc(F)c21. The summed E-state index contributed by atoms with van der Waals surface area (Å²) in [5, 5.41) is 0. The first kappa shape index (κ1) is 15.9. The summed E-state index contributed by atoms with van der Waals surface area (Å²) in [6, 6.07) is 4.87. The van der Waals surface area contributed by atoms with E-state index >= 15 is 0 Å². The Kier molecular flexibility index (Phi) is 4.92. The van der Waals surface area contributed by atoms with Crippen LogP contribution >= 0.6 is 11.3 Å². The van der Waals surface area contributed by atoms with Gasteiger partial charge in [0.25, 0.3) is 0 Å². The third-order valence-electron chi connectivity index (χ3n) is 4.31. The third kappa shape index (κ3) is 3.53. The molecular weight excluding hydrogens is 311 g/mol. The van der Waals surface area contributed by atoms with Crippen molar-refractivity contribution in [3.8, 4) is 12.3 Å². The van der Waals surface area contributed by atoms with E-state index in [2.05, 4.69) is 10.9 Å². The number of thiazole rings is 1. The second-order valence-corrected chi connectivity index (χ2v) is 6.98. The zero-order chi connectivity index (χ0) is 16.2. The van der Waals surface area contributed by atoms with Gasteiger partial charge in [-0.15, -0.1) is 6.42 Å². The van der Waals surface area contributed by atoms with Crippen LogP contribution in [0, 0.1) is 24.1 Å². The van der Waals surface area contributed by atoms with Gasteiger partial charge < -0.3 is 4.57 Å². The number of halogens is 1. The van der Waals surface area contributed by atoms with E-state index in [1.807, 2.05) is 6.07 Å². The van der Waals surface area contributed by atoms with Crippen LogP contribution in [0.15, 0.2) is 23.2 Å². The summed E-state index contributed by atoms with van der Waals surface area (Å²) in [4.78, 5) is 17.0. The van der Waals surface area contributed by atoms with Gasteiger partial charge in [-0.25, -0.2) is 4.39 Å². The van der Waals surface area contributed by atoms with Crippen molar-refractivity contribution in [1.29, 1.82) is 0 Å². The Morgan fingerprint density at radius 2 is 2.17 bits per heavy atom. The molecule has 1 heterocycles. The minimum atomic E-state index is -0.338. The predicted molar refractivity (Wildman–Crippen MR) is 90.4 cm³/mol. The molecule has 0 radical (unpaired) electrons. The van der Waals surface area contributed by atoms with E-state index < -0.39 is 0 Å². The van der Waals surface area contributed by atoms with Crippen molar-refractivity contribution in [2.75, 3.05) is 0 Å². The molecule has 0 bridgehead atoms. The maximum absolute atomic E-state index is 14.1. The van der Waals surface area contributed by atoms with E-state index in [1.54, 1.807) is 10.6 Å². The predicted octanol–water partition coefficient (Wildman–Crippen LogP) is 3.87. The molecular formula is C18H19FN2OS. The van der Waals surface area contributed by atoms with Gasteiger partial charge in [0.05, 0.1) is 16.8 Å². The van der Waals surface area contributed by atoms with Gasteiger partial charge in [0.15, 0.2) is 4.80 Å². The molecule has 5 heteroatoms. The molecule has 1 aromatic carbocycles. The van der Waals surface area contributed by atoms with Gasteiger partial charge >= 0.3 is 0 Å². The Balaban J connectivity index is 1.94. The molecule has 23 heavy (non-hydrogen) atoms. The smallest absolute Gasteiger partial charge is 0.248 e. The van der Waals surface area contributed by atoms with Crippen LogP contribution in [0.25, 0.3) is 10.2 Å². The van der Waals surface area contributed by atoms with Crippen LogP contribution in [0.5, 0.6) is 0 Å². The molecule has 0 unspecified atom stereocenters.